The summed E-state index contributed by atoms with van der Waals surface area (Å²) in [5.41, 5.74) is 5.53. The monoisotopic (exact) mass is 367 g/mol. The standard InChI is InChI=1S/C24H21N3O/c1-2-28-19-14-12-18(13-15-19)23-16-21(17-8-4-3-5-9-17)26-24-25-20-10-6-7-11-22(20)27(23)24/h3-16,23H,2H2,1H3,(H,25,26). The number of anilines is 1. The van der Waals surface area contributed by atoms with E-state index in [2.05, 4.69) is 70.6 Å². The predicted molar refractivity (Wildman–Crippen MR) is 114 cm³/mol. The lowest BCUT2D eigenvalue weighted by Gasteiger charge is -2.26. The van der Waals surface area contributed by atoms with Crippen molar-refractivity contribution in [1.82, 2.24) is 9.55 Å². The van der Waals surface area contributed by atoms with Crippen LogP contribution in [0.5, 0.6) is 5.75 Å². The first kappa shape index (κ1) is 16.6. The van der Waals surface area contributed by atoms with Crippen LogP contribution in [0.1, 0.15) is 24.1 Å². The van der Waals surface area contributed by atoms with E-state index in [1.807, 2.05) is 31.2 Å². The van der Waals surface area contributed by atoms with Crippen LogP contribution >= 0.6 is 0 Å². The minimum absolute atomic E-state index is 0.0505. The Bertz CT molecular complexity index is 1140. The highest BCUT2D eigenvalue weighted by Crippen LogP contribution is 2.37. The summed E-state index contributed by atoms with van der Waals surface area (Å²) in [6.45, 7) is 2.67. The topological polar surface area (TPSA) is 39.1 Å². The summed E-state index contributed by atoms with van der Waals surface area (Å²) in [5, 5.41) is 3.52. The van der Waals surface area contributed by atoms with Crippen LogP contribution < -0.4 is 10.1 Å². The second-order valence-corrected chi connectivity index (χ2v) is 6.81. The van der Waals surface area contributed by atoms with Crippen LogP contribution in [0, 0.1) is 0 Å². The molecule has 1 aliphatic rings. The molecule has 4 nitrogen and oxygen atoms in total. The fraction of sp³-hybridized carbons (Fsp3) is 0.125. The van der Waals surface area contributed by atoms with Crippen LogP contribution in [0.4, 0.5) is 5.95 Å². The van der Waals surface area contributed by atoms with Gasteiger partial charge in [-0.15, -0.1) is 0 Å². The Hall–Kier alpha value is -3.53. The van der Waals surface area contributed by atoms with Gasteiger partial charge in [0.15, 0.2) is 0 Å². The van der Waals surface area contributed by atoms with Crippen LogP contribution in [-0.4, -0.2) is 16.2 Å². The molecule has 3 aromatic carbocycles. The molecule has 1 atom stereocenters. The van der Waals surface area contributed by atoms with E-state index in [0.29, 0.717) is 6.61 Å². The van der Waals surface area contributed by atoms with E-state index in [9.17, 15) is 0 Å². The number of allylic oxidation sites excluding steroid dienone is 1. The fourth-order valence-corrected chi connectivity index (χ4v) is 3.77. The van der Waals surface area contributed by atoms with Gasteiger partial charge in [-0.2, -0.15) is 0 Å². The normalized spacial score (nSPS) is 15.6. The number of nitrogens with zero attached hydrogens (tertiary/aromatic N) is 2. The maximum Gasteiger partial charge on any atom is 0.209 e. The van der Waals surface area contributed by atoms with Crippen molar-refractivity contribution in [3.63, 3.8) is 0 Å². The molecule has 0 saturated carbocycles. The molecule has 1 aromatic heterocycles. The minimum atomic E-state index is 0.0505. The number of nitrogens with one attached hydrogen (secondary N) is 1. The van der Waals surface area contributed by atoms with E-state index in [1.165, 1.54) is 5.56 Å². The number of imidazole rings is 1. The molecule has 0 spiro atoms. The van der Waals surface area contributed by atoms with Gasteiger partial charge in [0, 0.05) is 5.70 Å². The van der Waals surface area contributed by atoms with Gasteiger partial charge in [0.25, 0.3) is 0 Å². The van der Waals surface area contributed by atoms with Gasteiger partial charge >= 0.3 is 0 Å². The summed E-state index contributed by atoms with van der Waals surface area (Å²) in [6, 6.07) is 27.0. The summed E-state index contributed by atoms with van der Waals surface area (Å²) in [5.74, 6) is 1.75. The summed E-state index contributed by atoms with van der Waals surface area (Å²) in [7, 11) is 0. The number of fused-ring (bicyclic) bond motifs is 3. The Morgan fingerprint density at radius 3 is 2.46 bits per heavy atom. The smallest absolute Gasteiger partial charge is 0.209 e. The van der Waals surface area contributed by atoms with Gasteiger partial charge in [0.05, 0.1) is 23.7 Å². The van der Waals surface area contributed by atoms with Crippen LogP contribution in [0.3, 0.4) is 0 Å². The van der Waals surface area contributed by atoms with Crippen molar-refractivity contribution in [2.24, 2.45) is 0 Å². The number of benzene rings is 3. The first-order valence-corrected chi connectivity index (χ1v) is 9.57. The van der Waals surface area contributed by atoms with Crippen LogP contribution in [0.2, 0.25) is 0 Å². The molecule has 0 aliphatic carbocycles. The average molecular weight is 367 g/mol. The third-order valence-corrected chi connectivity index (χ3v) is 5.06. The number of rotatable bonds is 4. The molecule has 0 bridgehead atoms. The number of hydrogen-bond donors (Lipinski definition) is 1. The van der Waals surface area contributed by atoms with Crippen molar-refractivity contribution >= 4 is 22.7 Å². The third kappa shape index (κ3) is 2.83. The Morgan fingerprint density at radius 2 is 1.68 bits per heavy atom. The molecule has 138 valence electrons. The third-order valence-electron chi connectivity index (χ3n) is 5.06. The molecular weight excluding hydrogens is 346 g/mol. The molecule has 0 saturated heterocycles. The van der Waals surface area contributed by atoms with Gasteiger partial charge in [-0.3, -0.25) is 4.57 Å². The first-order chi connectivity index (χ1) is 13.8. The van der Waals surface area contributed by atoms with E-state index in [0.717, 1.165) is 34.0 Å². The Kier molecular flexibility index (Phi) is 4.09. The zero-order chi connectivity index (χ0) is 18.9. The SMILES string of the molecule is CCOc1ccc(C2C=C(c3ccccc3)Nc3nc4ccccc4n32)cc1. The van der Waals surface area contributed by atoms with E-state index >= 15 is 0 Å². The van der Waals surface area contributed by atoms with Gasteiger partial charge in [0.2, 0.25) is 5.95 Å². The summed E-state index contributed by atoms with van der Waals surface area (Å²) in [6.07, 6.45) is 2.27. The van der Waals surface area contributed by atoms with Gasteiger partial charge in [-0.1, -0.05) is 54.6 Å². The molecule has 0 amide bonds. The van der Waals surface area contributed by atoms with Gasteiger partial charge in [0.1, 0.15) is 5.75 Å². The number of aromatic nitrogens is 2. The molecule has 28 heavy (non-hydrogen) atoms. The zero-order valence-corrected chi connectivity index (χ0v) is 15.7. The molecule has 1 aliphatic heterocycles. The maximum atomic E-state index is 5.62. The molecule has 4 aromatic rings. The number of hydrogen-bond acceptors (Lipinski definition) is 3. The van der Waals surface area contributed by atoms with Crippen molar-refractivity contribution < 1.29 is 4.74 Å². The van der Waals surface area contributed by atoms with Gasteiger partial charge in [-0.25, -0.2) is 4.98 Å². The van der Waals surface area contributed by atoms with E-state index < -0.39 is 0 Å². The highest BCUT2D eigenvalue weighted by molar-refractivity contribution is 5.85. The lowest BCUT2D eigenvalue weighted by atomic mass is 10.0. The molecular formula is C24H21N3O. The lowest BCUT2D eigenvalue weighted by molar-refractivity contribution is 0.340. The lowest BCUT2D eigenvalue weighted by Crippen LogP contribution is -2.19. The van der Waals surface area contributed by atoms with Crippen molar-refractivity contribution in [2.45, 2.75) is 13.0 Å². The second kappa shape index (κ2) is 6.89. The average Bonchev–Trinajstić information content (AvgIpc) is 3.13. The maximum absolute atomic E-state index is 5.62. The van der Waals surface area contributed by atoms with Crippen molar-refractivity contribution in [1.29, 1.82) is 0 Å². The minimum Gasteiger partial charge on any atom is -0.494 e. The largest absolute Gasteiger partial charge is 0.494 e. The number of para-hydroxylation sites is 2. The molecule has 2 heterocycles. The molecule has 1 N–H and O–H groups in total. The van der Waals surface area contributed by atoms with Crippen LogP contribution in [0.15, 0.2) is 84.9 Å². The second-order valence-electron chi connectivity index (χ2n) is 6.81. The summed E-state index contributed by atoms with van der Waals surface area (Å²) >= 11 is 0. The van der Waals surface area contributed by atoms with Crippen LogP contribution in [-0.2, 0) is 0 Å². The highest BCUT2D eigenvalue weighted by atomic mass is 16.5. The molecule has 5 rings (SSSR count). The van der Waals surface area contributed by atoms with E-state index in [4.69, 9.17) is 9.72 Å². The van der Waals surface area contributed by atoms with Crippen molar-refractivity contribution in [3.05, 3.63) is 96.1 Å². The van der Waals surface area contributed by atoms with E-state index in [1.54, 1.807) is 0 Å². The fourth-order valence-electron chi connectivity index (χ4n) is 3.77. The Balaban J connectivity index is 1.66. The highest BCUT2D eigenvalue weighted by Gasteiger charge is 2.25. The van der Waals surface area contributed by atoms with E-state index in [-0.39, 0.29) is 6.04 Å². The molecule has 0 fully saturated rings. The summed E-state index contributed by atoms with van der Waals surface area (Å²) in [4.78, 5) is 4.84. The predicted octanol–water partition coefficient (Wildman–Crippen LogP) is 5.49. The number of ether oxygens (including phenoxy) is 1. The van der Waals surface area contributed by atoms with Crippen molar-refractivity contribution in [3.8, 4) is 5.75 Å². The quantitative estimate of drug-likeness (QED) is 0.518. The molecule has 4 heteroatoms. The Labute approximate surface area is 164 Å². The molecule has 0 radical (unpaired) electrons. The first-order valence-electron chi connectivity index (χ1n) is 9.57. The molecule has 1 unspecified atom stereocenters. The Morgan fingerprint density at radius 1 is 0.929 bits per heavy atom. The van der Waals surface area contributed by atoms with Gasteiger partial charge in [-0.05, 0) is 48.4 Å². The van der Waals surface area contributed by atoms with Crippen LogP contribution in [0.25, 0.3) is 16.7 Å². The van der Waals surface area contributed by atoms with Crippen molar-refractivity contribution in [2.75, 3.05) is 11.9 Å². The summed E-state index contributed by atoms with van der Waals surface area (Å²) < 4.78 is 7.88. The van der Waals surface area contributed by atoms with Gasteiger partial charge < -0.3 is 10.1 Å². The zero-order valence-electron chi connectivity index (χ0n) is 15.7.